The Morgan fingerprint density at radius 1 is 1.12 bits per heavy atom. The summed E-state index contributed by atoms with van der Waals surface area (Å²) in [6.07, 6.45) is 0. The van der Waals surface area contributed by atoms with E-state index in [-0.39, 0.29) is 5.56 Å². The first-order chi connectivity index (χ1) is 8.19. The van der Waals surface area contributed by atoms with Gasteiger partial charge in [0, 0.05) is 3.57 Å². The summed E-state index contributed by atoms with van der Waals surface area (Å²) in [6.45, 7) is 0. The van der Waals surface area contributed by atoms with Crippen molar-refractivity contribution in [2.24, 2.45) is 0 Å². The number of nitriles is 1. The van der Waals surface area contributed by atoms with E-state index in [2.05, 4.69) is 22.6 Å². The molecule has 0 N–H and O–H groups in total. The van der Waals surface area contributed by atoms with Crippen LogP contribution in [0.25, 0.3) is 0 Å². The third-order valence-corrected chi connectivity index (χ3v) is 2.82. The molecule has 4 heteroatoms. The highest BCUT2D eigenvalue weighted by atomic mass is 127. The molecule has 0 radical (unpaired) electrons. The maximum Gasteiger partial charge on any atom is 0.145 e. The number of benzene rings is 2. The molecule has 2 nitrogen and oxygen atoms in total. The average molecular weight is 339 g/mol. The van der Waals surface area contributed by atoms with Crippen LogP contribution in [0.4, 0.5) is 4.39 Å². The van der Waals surface area contributed by atoms with E-state index in [9.17, 15) is 4.39 Å². The molecule has 2 rings (SSSR count). The van der Waals surface area contributed by atoms with Gasteiger partial charge in [0.25, 0.3) is 0 Å². The lowest BCUT2D eigenvalue weighted by molar-refractivity contribution is 0.479. The first kappa shape index (κ1) is 11.9. The van der Waals surface area contributed by atoms with Crippen molar-refractivity contribution >= 4 is 22.6 Å². The van der Waals surface area contributed by atoms with Crippen LogP contribution in [0.5, 0.6) is 11.5 Å². The van der Waals surface area contributed by atoms with Crippen LogP contribution in [0.1, 0.15) is 5.56 Å². The molecule has 0 unspecified atom stereocenters. The zero-order valence-corrected chi connectivity index (χ0v) is 10.8. The Labute approximate surface area is 112 Å². The predicted octanol–water partition coefficient (Wildman–Crippen LogP) is 4.09. The van der Waals surface area contributed by atoms with Gasteiger partial charge in [0.05, 0.1) is 5.56 Å². The summed E-state index contributed by atoms with van der Waals surface area (Å²) in [6, 6.07) is 13.2. The van der Waals surface area contributed by atoms with Crippen molar-refractivity contribution in [2.45, 2.75) is 0 Å². The van der Waals surface area contributed by atoms with Gasteiger partial charge < -0.3 is 4.74 Å². The minimum absolute atomic E-state index is 0.184. The molecule has 0 aliphatic carbocycles. The molecule has 0 saturated heterocycles. The van der Waals surface area contributed by atoms with E-state index in [1.807, 2.05) is 18.2 Å². The molecule has 0 saturated carbocycles. The number of nitrogens with zero attached hydrogens (tertiary/aromatic N) is 1. The molecular weight excluding hydrogens is 332 g/mol. The van der Waals surface area contributed by atoms with Gasteiger partial charge in [0.2, 0.25) is 0 Å². The van der Waals surface area contributed by atoms with Crippen molar-refractivity contribution in [3.63, 3.8) is 0 Å². The summed E-state index contributed by atoms with van der Waals surface area (Å²) in [7, 11) is 0. The first-order valence-corrected chi connectivity index (χ1v) is 5.90. The highest BCUT2D eigenvalue weighted by molar-refractivity contribution is 14.1. The van der Waals surface area contributed by atoms with Crippen molar-refractivity contribution in [1.82, 2.24) is 0 Å². The molecular formula is C13H7FINO. The molecule has 0 aromatic heterocycles. The lowest BCUT2D eigenvalue weighted by Crippen LogP contribution is -1.89. The Bertz CT molecular complexity index is 575. The monoisotopic (exact) mass is 339 g/mol. The molecule has 84 valence electrons. The number of hydrogen-bond donors (Lipinski definition) is 0. The van der Waals surface area contributed by atoms with Crippen LogP contribution in [-0.2, 0) is 0 Å². The van der Waals surface area contributed by atoms with Gasteiger partial charge in [-0.15, -0.1) is 0 Å². The van der Waals surface area contributed by atoms with Gasteiger partial charge in [-0.3, -0.25) is 0 Å². The van der Waals surface area contributed by atoms with E-state index in [1.165, 1.54) is 12.1 Å². The first-order valence-electron chi connectivity index (χ1n) is 4.82. The maximum atomic E-state index is 12.9. The highest BCUT2D eigenvalue weighted by Gasteiger charge is 2.05. The van der Waals surface area contributed by atoms with Crippen molar-refractivity contribution in [3.05, 3.63) is 57.4 Å². The minimum Gasteiger partial charge on any atom is -0.456 e. The summed E-state index contributed by atoms with van der Waals surface area (Å²) in [5, 5.41) is 8.87. The molecule has 0 fully saturated rings. The third kappa shape index (κ3) is 2.94. The van der Waals surface area contributed by atoms with Crippen LogP contribution >= 0.6 is 22.6 Å². The van der Waals surface area contributed by atoms with Gasteiger partial charge in [-0.2, -0.15) is 5.26 Å². The Balaban J connectivity index is 2.30. The second kappa shape index (κ2) is 5.15. The van der Waals surface area contributed by atoms with Gasteiger partial charge in [-0.05, 0) is 65.1 Å². The Hall–Kier alpha value is -1.61. The van der Waals surface area contributed by atoms with E-state index in [4.69, 9.17) is 10.00 Å². The van der Waals surface area contributed by atoms with Crippen LogP contribution < -0.4 is 4.74 Å². The number of halogens is 2. The third-order valence-electron chi connectivity index (χ3n) is 2.10. The van der Waals surface area contributed by atoms with Crippen LogP contribution in [0, 0.1) is 20.7 Å². The average Bonchev–Trinajstić information content (AvgIpc) is 2.34. The quantitative estimate of drug-likeness (QED) is 0.772. The molecule has 0 aliphatic heterocycles. The summed E-state index contributed by atoms with van der Waals surface area (Å²) in [5.41, 5.74) is 0.184. The second-order valence-corrected chi connectivity index (χ2v) is 4.55. The lowest BCUT2D eigenvalue weighted by Gasteiger charge is -2.07. The molecule has 0 aliphatic rings. The molecule has 2 aromatic rings. The Morgan fingerprint density at radius 3 is 2.47 bits per heavy atom. The fourth-order valence-electron chi connectivity index (χ4n) is 1.31. The van der Waals surface area contributed by atoms with Gasteiger partial charge in [0.1, 0.15) is 23.4 Å². The molecule has 0 heterocycles. The molecule has 2 aromatic carbocycles. The van der Waals surface area contributed by atoms with E-state index in [0.29, 0.717) is 11.5 Å². The highest BCUT2D eigenvalue weighted by Crippen LogP contribution is 2.25. The zero-order chi connectivity index (χ0) is 12.3. The molecule has 0 spiro atoms. The van der Waals surface area contributed by atoms with E-state index in [0.717, 1.165) is 9.64 Å². The molecule has 0 bridgehead atoms. The molecule has 0 atom stereocenters. The van der Waals surface area contributed by atoms with Gasteiger partial charge >= 0.3 is 0 Å². The van der Waals surface area contributed by atoms with Gasteiger partial charge in [-0.1, -0.05) is 0 Å². The maximum absolute atomic E-state index is 12.9. The van der Waals surface area contributed by atoms with Crippen molar-refractivity contribution in [1.29, 1.82) is 5.26 Å². The SMILES string of the molecule is N#Cc1cc(F)ccc1Oc1ccc(I)cc1. The smallest absolute Gasteiger partial charge is 0.145 e. The van der Waals surface area contributed by atoms with Crippen LogP contribution in [0.15, 0.2) is 42.5 Å². The van der Waals surface area contributed by atoms with Crippen molar-refractivity contribution in [3.8, 4) is 17.6 Å². The summed E-state index contributed by atoms with van der Waals surface area (Å²) >= 11 is 2.19. The van der Waals surface area contributed by atoms with E-state index in [1.54, 1.807) is 12.1 Å². The topological polar surface area (TPSA) is 33.0 Å². The normalized spacial score (nSPS) is 9.71. The standard InChI is InChI=1S/C13H7FINO/c14-10-1-6-13(9(7-10)8-16)17-12-4-2-11(15)3-5-12/h1-7H. The fraction of sp³-hybridized carbons (Fsp3) is 0. The van der Waals surface area contributed by atoms with E-state index >= 15 is 0 Å². The molecule has 17 heavy (non-hydrogen) atoms. The number of rotatable bonds is 2. The predicted molar refractivity (Wildman–Crippen MR) is 70.3 cm³/mol. The fourth-order valence-corrected chi connectivity index (χ4v) is 1.67. The largest absolute Gasteiger partial charge is 0.456 e. The second-order valence-electron chi connectivity index (χ2n) is 3.31. The van der Waals surface area contributed by atoms with Crippen molar-refractivity contribution in [2.75, 3.05) is 0 Å². The van der Waals surface area contributed by atoms with Gasteiger partial charge in [-0.25, -0.2) is 4.39 Å². The van der Waals surface area contributed by atoms with Crippen LogP contribution in [0.3, 0.4) is 0 Å². The number of hydrogen-bond acceptors (Lipinski definition) is 2. The summed E-state index contributed by atoms with van der Waals surface area (Å²) in [4.78, 5) is 0. The van der Waals surface area contributed by atoms with Gasteiger partial charge in [0.15, 0.2) is 0 Å². The van der Waals surface area contributed by atoms with Crippen LogP contribution in [-0.4, -0.2) is 0 Å². The van der Waals surface area contributed by atoms with E-state index < -0.39 is 5.82 Å². The van der Waals surface area contributed by atoms with Crippen molar-refractivity contribution < 1.29 is 9.13 Å². The van der Waals surface area contributed by atoms with Crippen LogP contribution in [0.2, 0.25) is 0 Å². The Kier molecular flexibility index (Phi) is 3.59. The summed E-state index contributed by atoms with van der Waals surface area (Å²) in [5.74, 6) is 0.528. The summed E-state index contributed by atoms with van der Waals surface area (Å²) < 4.78 is 19.5. The Morgan fingerprint density at radius 2 is 1.82 bits per heavy atom. The number of ether oxygens (including phenoxy) is 1. The zero-order valence-electron chi connectivity index (χ0n) is 8.65. The minimum atomic E-state index is -0.448. The molecule has 0 amide bonds. The lowest BCUT2D eigenvalue weighted by atomic mass is 10.2.